The summed E-state index contributed by atoms with van der Waals surface area (Å²) >= 11 is 0. The highest BCUT2D eigenvalue weighted by molar-refractivity contribution is 5.95. The normalized spacial score (nSPS) is 10.1. The zero-order valence-corrected chi connectivity index (χ0v) is 8.55. The highest BCUT2D eigenvalue weighted by Crippen LogP contribution is 2.16. The van der Waals surface area contributed by atoms with E-state index in [-0.39, 0.29) is 5.78 Å². The Hall–Kier alpha value is -1.11. The second-order valence-corrected chi connectivity index (χ2v) is 3.21. The van der Waals surface area contributed by atoms with E-state index in [0.717, 1.165) is 18.4 Å². The van der Waals surface area contributed by atoms with E-state index in [9.17, 15) is 4.79 Å². The minimum Gasteiger partial charge on any atom is -0.295 e. The molecule has 70 valence electrons. The van der Waals surface area contributed by atoms with Crippen molar-refractivity contribution in [2.24, 2.45) is 0 Å². The maximum absolute atomic E-state index is 11.3. The van der Waals surface area contributed by atoms with Crippen LogP contribution < -0.4 is 0 Å². The second-order valence-electron chi connectivity index (χ2n) is 3.21. The molecule has 1 aromatic carbocycles. The Morgan fingerprint density at radius 3 is 2.38 bits per heavy atom. The molecule has 13 heavy (non-hydrogen) atoms. The van der Waals surface area contributed by atoms with Crippen LogP contribution in [0, 0.1) is 0 Å². The van der Waals surface area contributed by atoms with Crippen LogP contribution in [0.15, 0.2) is 18.2 Å². The maximum atomic E-state index is 11.3. The van der Waals surface area contributed by atoms with Gasteiger partial charge >= 0.3 is 0 Å². The van der Waals surface area contributed by atoms with Crippen molar-refractivity contribution in [1.82, 2.24) is 0 Å². The number of carbonyl (C=O) groups excluding carboxylic acids is 1. The first-order valence-corrected chi connectivity index (χ1v) is 4.82. The van der Waals surface area contributed by atoms with Gasteiger partial charge in [-0.3, -0.25) is 4.79 Å². The monoisotopic (exact) mass is 176 g/mol. The topological polar surface area (TPSA) is 17.1 Å². The number of Topliss-reactive ketones (excluding diaryl/α,β-unsaturated/α-hetero) is 1. The van der Waals surface area contributed by atoms with E-state index in [1.165, 1.54) is 11.1 Å². The zero-order valence-electron chi connectivity index (χ0n) is 8.55. The lowest BCUT2D eigenvalue weighted by Gasteiger charge is -2.09. The van der Waals surface area contributed by atoms with Crippen molar-refractivity contribution in [3.63, 3.8) is 0 Å². The fourth-order valence-electron chi connectivity index (χ4n) is 1.71. The summed E-state index contributed by atoms with van der Waals surface area (Å²) < 4.78 is 0. The molecule has 0 atom stereocenters. The molecule has 0 saturated carbocycles. The molecule has 0 aromatic heterocycles. The molecule has 0 N–H and O–H groups in total. The average molecular weight is 176 g/mol. The summed E-state index contributed by atoms with van der Waals surface area (Å²) in [7, 11) is 0. The molecule has 0 radical (unpaired) electrons. The van der Waals surface area contributed by atoms with Crippen molar-refractivity contribution >= 4 is 5.78 Å². The van der Waals surface area contributed by atoms with E-state index in [2.05, 4.69) is 19.9 Å². The molecule has 0 amide bonds. The molecule has 1 nitrogen and oxygen atoms in total. The Labute approximate surface area is 79.8 Å². The summed E-state index contributed by atoms with van der Waals surface area (Å²) in [6.45, 7) is 5.85. The number of aryl methyl sites for hydroxylation is 1. The first-order chi connectivity index (χ1) is 6.20. The van der Waals surface area contributed by atoms with Crippen molar-refractivity contribution in [3.8, 4) is 0 Å². The molecule has 0 aliphatic carbocycles. The van der Waals surface area contributed by atoms with Gasteiger partial charge in [0.1, 0.15) is 0 Å². The van der Waals surface area contributed by atoms with Gasteiger partial charge in [0.25, 0.3) is 0 Å². The van der Waals surface area contributed by atoms with E-state index in [0.29, 0.717) is 0 Å². The Morgan fingerprint density at radius 1 is 1.23 bits per heavy atom. The number of carbonyl (C=O) groups is 1. The Kier molecular flexibility index (Phi) is 3.24. The summed E-state index contributed by atoms with van der Waals surface area (Å²) in [5.74, 6) is 0.173. The maximum Gasteiger partial charge on any atom is 0.160 e. The Morgan fingerprint density at radius 2 is 1.92 bits per heavy atom. The molecular formula is C12H16O. The molecule has 0 heterocycles. The molecule has 0 unspecified atom stereocenters. The lowest BCUT2D eigenvalue weighted by Crippen LogP contribution is -2.02. The molecule has 1 aromatic rings. The van der Waals surface area contributed by atoms with Gasteiger partial charge in [0.05, 0.1) is 0 Å². The summed E-state index contributed by atoms with van der Waals surface area (Å²) in [4.78, 5) is 11.3. The molecule has 0 saturated heterocycles. The molecule has 0 spiro atoms. The lowest BCUT2D eigenvalue weighted by molar-refractivity contribution is 0.101. The summed E-state index contributed by atoms with van der Waals surface area (Å²) in [5.41, 5.74) is 3.41. The first kappa shape index (κ1) is 9.97. The van der Waals surface area contributed by atoms with Crippen LogP contribution in [-0.4, -0.2) is 5.78 Å². The predicted octanol–water partition coefficient (Wildman–Crippen LogP) is 3.01. The van der Waals surface area contributed by atoms with Gasteiger partial charge in [-0.2, -0.15) is 0 Å². The van der Waals surface area contributed by atoms with Crippen LogP contribution in [0.1, 0.15) is 42.3 Å². The fraction of sp³-hybridized carbons (Fsp3) is 0.417. The number of hydrogen-bond donors (Lipinski definition) is 0. The molecule has 0 aliphatic rings. The second kappa shape index (κ2) is 4.22. The van der Waals surface area contributed by atoms with Crippen molar-refractivity contribution in [1.29, 1.82) is 0 Å². The third kappa shape index (κ3) is 1.97. The Balaban J connectivity index is 3.27. The van der Waals surface area contributed by atoms with Crippen LogP contribution in [-0.2, 0) is 12.8 Å². The van der Waals surface area contributed by atoms with Gasteiger partial charge in [0.2, 0.25) is 0 Å². The lowest BCUT2D eigenvalue weighted by atomic mass is 9.95. The summed E-state index contributed by atoms with van der Waals surface area (Å²) in [5, 5.41) is 0. The Bertz CT molecular complexity index is 313. The third-order valence-corrected chi connectivity index (χ3v) is 2.39. The van der Waals surface area contributed by atoms with Gasteiger partial charge in [-0.25, -0.2) is 0 Å². The van der Waals surface area contributed by atoms with Crippen LogP contribution >= 0.6 is 0 Å². The number of rotatable bonds is 3. The quantitative estimate of drug-likeness (QED) is 0.647. The third-order valence-electron chi connectivity index (χ3n) is 2.39. The van der Waals surface area contributed by atoms with E-state index < -0.39 is 0 Å². The number of benzene rings is 1. The molecule has 1 heteroatoms. The first-order valence-electron chi connectivity index (χ1n) is 4.82. The highest BCUT2D eigenvalue weighted by Gasteiger charge is 2.07. The summed E-state index contributed by atoms with van der Waals surface area (Å²) in [6.07, 6.45) is 1.95. The van der Waals surface area contributed by atoms with Crippen LogP contribution in [0.25, 0.3) is 0 Å². The van der Waals surface area contributed by atoms with Crippen LogP contribution in [0.4, 0.5) is 0 Å². The number of hydrogen-bond acceptors (Lipinski definition) is 1. The largest absolute Gasteiger partial charge is 0.295 e. The van der Waals surface area contributed by atoms with Gasteiger partial charge in [0, 0.05) is 5.56 Å². The highest BCUT2D eigenvalue weighted by atomic mass is 16.1. The average Bonchev–Trinajstić information content (AvgIpc) is 2.16. The van der Waals surface area contributed by atoms with E-state index >= 15 is 0 Å². The fourth-order valence-corrected chi connectivity index (χ4v) is 1.71. The SMILES string of the molecule is CCc1cccc(C(C)=O)c1CC. The van der Waals surface area contributed by atoms with E-state index in [4.69, 9.17) is 0 Å². The molecule has 0 fully saturated rings. The zero-order chi connectivity index (χ0) is 9.84. The van der Waals surface area contributed by atoms with Crippen molar-refractivity contribution < 1.29 is 4.79 Å². The van der Waals surface area contributed by atoms with Crippen LogP contribution in [0.2, 0.25) is 0 Å². The van der Waals surface area contributed by atoms with Gasteiger partial charge < -0.3 is 0 Å². The van der Waals surface area contributed by atoms with E-state index in [1.54, 1.807) is 6.92 Å². The number of ketones is 1. The molecule has 1 rings (SSSR count). The summed E-state index contributed by atoms with van der Waals surface area (Å²) in [6, 6.07) is 5.99. The minimum absolute atomic E-state index is 0.173. The van der Waals surface area contributed by atoms with Gasteiger partial charge in [-0.05, 0) is 30.9 Å². The smallest absolute Gasteiger partial charge is 0.160 e. The van der Waals surface area contributed by atoms with Crippen LogP contribution in [0.3, 0.4) is 0 Å². The van der Waals surface area contributed by atoms with Crippen molar-refractivity contribution in [2.45, 2.75) is 33.6 Å². The predicted molar refractivity (Wildman–Crippen MR) is 55.2 cm³/mol. The molecule has 0 aliphatic heterocycles. The van der Waals surface area contributed by atoms with Gasteiger partial charge in [-0.1, -0.05) is 32.0 Å². The molecular weight excluding hydrogens is 160 g/mol. The van der Waals surface area contributed by atoms with Crippen molar-refractivity contribution in [2.75, 3.05) is 0 Å². The van der Waals surface area contributed by atoms with Gasteiger partial charge in [0.15, 0.2) is 5.78 Å². The van der Waals surface area contributed by atoms with Gasteiger partial charge in [-0.15, -0.1) is 0 Å². The van der Waals surface area contributed by atoms with Crippen LogP contribution in [0.5, 0.6) is 0 Å². The van der Waals surface area contributed by atoms with Crippen molar-refractivity contribution in [3.05, 3.63) is 34.9 Å². The standard InChI is InChI=1S/C12H16O/c1-4-10-7-6-8-12(9(3)13)11(10)5-2/h6-8H,4-5H2,1-3H3. The van der Waals surface area contributed by atoms with E-state index in [1.807, 2.05) is 12.1 Å². The molecule has 0 bridgehead atoms. The minimum atomic E-state index is 0.173.